The minimum absolute atomic E-state index is 0.534. The van der Waals surface area contributed by atoms with E-state index in [1.54, 1.807) is 6.20 Å². The Bertz CT molecular complexity index is 546. The van der Waals surface area contributed by atoms with Crippen LogP contribution in [0.2, 0.25) is 5.02 Å². The zero-order valence-electron chi connectivity index (χ0n) is 11.6. The summed E-state index contributed by atoms with van der Waals surface area (Å²) in [6.07, 6.45) is 2.86. The summed E-state index contributed by atoms with van der Waals surface area (Å²) >= 11 is 5.95. The van der Waals surface area contributed by atoms with Crippen molar-refractivity contribution in [2.24, 2.45) is 0 Å². The fourth-order valence-corrected chi connectivity index (χ4v) is 2.08. The van der Waals surface area contributed by atoms with E-state index in [-0.39, 0.29) is 0 Å². The number of hydrogen-bond acceptors (Lipinski definition) is 3. The molecule has 1 heterocycles. The van der Waals surface area contributed by atoms with Gasteiger partial charge in [0.25, 0.3) is 0 Å². The smallest absolute Gasteiger partial charge is 0.131 e. The lowest BCUT2D eigenvalue weighted by Gasteiger charge is -2.10. The highest BCUT2D eigenvalue weighted by molar-refractivity contribution is 6.30. The van der Waals surface area contributed by atoms with Gasteiger partial charge in [0, 0.05) is 23.3 Å². The molecule has 1 aromatic carbocycles. The van der Waals surface area contributed by atoms with Crippen LogP contribution < -0.4 is 5.32 Å². The Balaban J connectivity index is 1.90. The monoisotopic (exact) mass is 290 g/mol. The molecule has 0 aliphatic rings. The summed E-state index contributed by atoms with van der Waals surface area (Å²) in [5.74, 6) is 0.903. The fourth-order valence-electron chi connectivity index (χ4n) is 1.86. The van der Waals surface area contributed by atoms with Crippen LogP contribution in [0.3, 0.4) is 0 Å². The van der Waals surface area contributed by atoms with Crippen LogP contribution in [0, 0.1) is 0 Å². The Kier molecular flexibility index (Phi) is 5.84. The summed E-state index contributed by atoms with van der Waals surface area (Å²) in [4.78, 5) is 4.34. The number of nitrogens with one attached hydrogen (secondary N) is 1. The molecule has 0 saturated heterocycles. The second kappa shape index (κ2) is 7.88. The number of anilines is 1. The molecule has 0 saturated carbocycles. The quantitative estimate of drug-likeness (QED) is 0.827. The van der Waals surface area contributed by atoms with Gasteiger partial charge in [-0.1, -0.05) is 36.7 Å². The molecule has 0 spiro atoms. The van der Waals surface area contributed by atoms with E-state index in [1.807, 2.05) is 36.4 Å². The molecular formula is C16H19ClN2O. The van der Waals surface area contributed by atoms with E-state index < -0.39 is 0 Å². The first-order valence-electron chi connectivity index (χ1n) is 6.79. The zero-order valence-corrected chi connectivity index (χ0v) is 12.4. The number of aromatic nitrogens is 1. The van der Waals surface area contributed by atoms with Crippen molar-refractivity contribution in [3.05, 3.63) is 58.7 Å². The highest BCUT2D eigenvalue weighted by Gasteiger charge is 2.03. The summed E-state index contributed by atoms with van der Waals surface area (Å²) in [5, 5.41) is 4.04. The maximum atomic E-state index is 5.95. The summed E-state index contributed by atoms with van der Waals surface area (Å²) in [5.41, 5.74) is 2.15. The Morgan fingerprint density at radius 3 is 2.90 bits per heavy atom. The van der Waals surface area contributed by atoms with E-state index in [9.17, 15) is 0 Å². The Hall–Kier alpha value is -1.58. The van der Waals surface area contributed by atoms with Crippen molar-refractivity contribution in [2.45, 2.75) is 26.6 Å². The standard InChI is InChI=1S/C16H19ClN2O/c1-2-8-18-16-14(6-4-9-19-16)12-20-11-13-5-3-7-15(17)10-13/h3-7,9-10H,2,8,11-12H2,1H3,(H,18,19). The molecule has 20 heavy (non-hydrogen) atoms. The molecule has 0 aliphatic heterocycles. The third kappa shape index (κ3) is 4.51. The van der Waals surface area contributed by atoms with Crippen LogP contribution in [0.1, 0.15) is 24.5 Å². The highest BCUT2D eigenvalue weighted by atomic mass is 35.5. The van der Waals surface area contributed by atoms with Crippen LogP contribution in [-0.4, -0.2) is 11.5 Å². The van der Waals surface area contributed by atoms with Crippen LogP contribution in [0.15, 0.2) is 42.6 Å². The van der Waals surface area contributed by atoms with Gasteiger partial charge in [-0.05, 0) is 30.2 Å². The fraction of sp³-hybridized carbons (Fsp3) is 0.312. The van der Waals surface area contributed by atoms with E-state index in [4.69, 9.17) is 16.3 Å². The van der Waals surface area contributed by atoms with Crippen LogP contribution in [0.5, 0.6) is 0 Å². The molecule has 1 aromatic heterocycles. The Morgan fingerprint density at radius 1 is 1.20 bits per heavy atom. The number of ether oxygens (including phenoxy) is 1. The number of pyridine rings is 1. The molecular weight excluding hydrogens is 272 g/mol. The maximum Gasteiger partial charge on any atom is 0.131 e. The van der Waals surface area contributed by atoms with Gasteiger partial charge in [0.15, 0.2) is 0 Å². The first kappa shape index (κ1) is 14.8. The molecule has 106 valence electrons. The first-order chi connectivity index (χ1) is 9.79. The summed E-state index contributed by atoms with van der Waals surface area (Å²) in [6.45, 7) is 4.12. The normalized spacial score (nSPS) is 10.5. The predicted molar refractivity (Wildman–Crippen MR) is 83.0 cm³/mol. The largest absolute Gasteiger partial charge is 0.372 e. The minimum Gasteiger partial charge on any atom is -0.372 e. The summed E-state index contributed by atoms with van der Waals surface area (Å²) in [7, 11) is 0. The average Bonchev–Trinajstić information content (AvgIpc) is 2.46. The summed E-state index contributed by atoms with van der Waals surface area (Å²) in [6, 6.07) is 11.7. The van der Waals surface area contributed by atoms with Crippen molar-refractivity contribution in [2.75, 3.05) is 11.9 Å². The van der Waals surface area contributed by atoms with Gasteiger partial charge in [0.2, 0.25) is 0 Å². The molecule has 1 N–H and O–H groups in total. The molecule has 2 rings (SSSR count). The van der Waals surface area contributed by atoms with E-state index >= 15 is 0 Å². The van der Waals surface area contributed by atoms with E-state index in [2.05, 4.69) is 17.2 Å². The Labute approximate surface area is 124 Å². The van der Waals surface area contributed by atoms with Gasteiger partial charge in [-0.15, -0.1) is 0 Å². The molecule has 0 fully saturated rings. The third-order valence-electron chi connectivity index (χ3n) is 2.85. The van der Waals surface area contributed by atoms with Gasteiger partial charge in [-0.2, -0.15) is 0 Å². The maximum absolute atomic E-state index is 5.95. The lowest BCUT2D eigenvalue weighted by atomic mass is 10.2. The van der Waals surface area contributed by atoms with Crippen LogP contribution in [0.4, 0.5) is 5.82 Å². The molecule has 0 atom stereocenters. The van der Waals surface area contributed by atoms with Crippen molar-refractivity contribution >= 4 is 17.4 Å². The van der Waals surface area contributed by atoms with Gasteiger partial charge in [0.05, 0.1) is 13.2 Å². The molecule has 0 aliphatic carbocycles. The molecule has 0 bridgehead atoms. The third-order valence-corrected chi connectivity index (χ3v) is 3.08. The van der Waals surface area contributed by atoms with Crippen LogP contribution >= 0.6 is 11.6 Å². The summed E-state index contributed by atoms with van der Waals surface area (Å²) < 4.78 is 5.74. The Morgan fingerprint density at radius 2 is 2.10 bits per heavy atom. The van der Waals surface area contributed by atoms with Gasteiger partial charge in [-0.3, -0.25) is 0 Å². The van der Waals surface area contributed by atoms with Crippen molar-refractivity contribution in [1.82, 2.24) is 4.98 Å². The van der Waals surface area contributed by atoms with Crippen molar-refractivity contribution in [3.63, 3.8) is 0 Å². The SMILES string of the molecule is CCCNc1ncccc1COCc1cccc(Cl)c1. The topological polar surface area (TPSA) is 34.2 Å². The second-order valence-electron chi connectivity index (χ2n) is 4.56. The second-order valence-corrected chi connectivity index (χ2v) is 5.00. The number of nitrogens with zero attached hydrogens (tertiary/aromatic N) is 1. The van der Waals surface area contributed by atoms with Crippen molar-refractivity contribution in [1.29, 1.82) is 0 Å². The lowest BCUT2D eigenvalue weighted by Crippen LogP contribution is -2.06. The predicted octanol–water partition coefficient (Wildman–Crippen LogP) is 4.27. The van der Waals surface area contributed by atoms with Crippen molar-refractivity contribution in [3.8, 4) is 0 Å². The molecule has 0 amide bonds. The number of hydrogen-bond donors (Lipinski definition) is 1. The van der Waals surface area contributed by atoms with Crippen LogP contribution in [-0.2, 0) is 18.0 Å². The molecule has 2 aromatic rings. The van der Waals surface area contributed by atoms with Gasteiger partial charge in [0.1, 0.15) is 5.82 Å². The van der Waals surface area contributed by atoms with E-state index in [1.165, 1.54) is 0 Å². The molecule has 4 heteroatoms. The van der Waals surface area contributed by atoms with Gasteiger partial charge < -0.3 is 10.1 Å². The van der Waals surface area contributed by atoms with Gasteiger partial charge >= 0.3 is 0 Å². The van der Waals surface area contributed by atoms with E-state index in [0.29, 0.717) is 13.2 Å². The van der Waals surface area contributed by atoms with Crippen LogP contribution in [0.25, 0.3) is 0 Å². The highest BCUT2D eigenvalue weighted by Crippen LogP contribution is 2.15. The molecule has 3 nitrogen and oxygen atoms in total. The molecule has 0 radical (unpaired) electrons. The lowest BCUT2D eigenvalue weighted by molar-refractivity contribution is 0.107. The van der Waals surface area contributed by atoms with Crippen molar-refractivity contribution < 1.29 is 4.74 Å². The zero-order chi connectivity index (χ0) is 14.2. The first-order valence-corrected chi connectivity index (χ1v) is 7.17. The number of halogens is 1. The van der Waals surface area contributed by atoms with Gasteiger partial charge in [-0.25, -0.2) is 4.98 Å². The van der Waals surface area contributed by atoms with E-state index in [0.717, 1.165) is 34.9 Å². The minimum atomic E-state index is 0.534. The number of rotatable bonds is 7. The molecule has 0 unspecified atom stereocenters. The average molecular weight is 291 g/mol. The number of benzene rings is 1.